The molecule has 30 heavy (non-hydrogen) atoms. The predicted octanol–water partition coefficient (Wildman–Crippen LogP) is 3.53. The van der Waals surface area contributed by atoms with Crippen LogP contribution in [0, 0.1) is 0 Å². The van der Waals surface area contributed by atoms with E-state index in [0.717, 1.165) is 18.4 Å². The van der Waals surface area contributed by atoms with Crippen molar-refractivity contribution in [3.8, 4) is 0 Å². The van der Waals surface area contributed by atoms with Gasteiger partial charge in [-0.25, -0.2) is 0 Å². The lowest BCUT2D eigenvalue weighted by Crippen LogP contribution is -2.30. The third-order valence-corrected chi connectivity index (χ3v) is 5.02. The number of carbonyl (C=O) groups excluding carboxylic acids is 4. The molecule has 0 radical (unpaired) electrons. The number of carbonyl (C=O) groups is 4. The summed E-state index contributed by atoms with van der Waals surface area (Å²) >= 11 is 0. The molecule has 2 aromatic rings. The number of hydrogen-bond acceptors (Lipinski definition) is 4. The number of benzene rings is 2. The number of hydrogen-bond donors (Lipinski definition) is 2. The SMILES string of the molecule is CCCCN1C(=O)c2ccc(C(=O)NC(C)c3cccc(NC(C)=O)c3)cc2C1=O. The van der Waals surface area contributed by atoms with Gasteiger partial charge >= 0.3 is 0 Å². The Labute approximate surface area is 175 Å². The normalized spacial score (nSPS) is 13.8. The highest BCUT2D eigenvalue weighted by Crippen LogP contribution is 2.25. The molecule has 0 bridgehead atoms. The van der Waals surface area contributed by atoms with Gasteiger partial charge in [0.2, 0.25) is 5.91 Å². The van der Waals surface area contributed by atoms with Crippen LogP contribution in [0.2, 0.25) is 0 Å². The number of nitrogens with zero attached hydrogens (tertiary/aromatic N) is 1. The van der Waals surface area contributed by atoms with Crippen LogP contribution in [0.1, 0.15) is 76.3 Å². The zero-order valence-electron chi connectivity index (χ0n) is 17.3. The van der Waals surface area contributed by atoms with Gasteiger partial charge < -0.3 is 10.6 Å². The Morgan fingerprint density at radius 3 is 2.47 bits per heavy atom. The molecule has 156 valence electrons. The molecule has 2 N–H and O–H groups in total. The van der Waals surface area contributed by atoms with Crippen molar-refractivity contribution in [1.82, 2.24) is 10.2 Å². The fourth-order valence-corrected chi connectivity index (χ4v) is 3.40. The van der Waals surface area contributed by atoms with Crippen molar-refractivity contribution in [3.05, 3.63) is 64.7 Å². The number of rotatable bonds is 7. The molecular formula is C23H25N3O4. The molecule has 0 fully saturated rings. The van der Waals surface area contributed by atoms with Gasteiger partial charge in [-0.1, -0.05) is 25.5 Å². The van der Waals surface area contributed by atoms with Crippen LogP contribution in [0.3, 0.4) is 0 Å². The Morgan fingerprint density at radius 1 is 1.03 bits per heavy atom. The van der Waals surface area contributed by atoms with Crippen LogP contribution in [0.5, 0.6) is 0 Å². The number of fused-ring (bicyclic) bond motifs is 1. The number of anilines is 1. The smallest absolute Gasteiger partial charge is 0.261 e. The number of amides is 4. The molecule has 2 aromatic carbocycles. The first-order valence-electron chi connectivity index (χ1n) is 10.0. The minimum absolute atomic E-state index is 0.172. The van der Waals surface area contributed by atoms with Gasteiger partial charge in [0, 0.05) is 24.7 Å². The zero-order valence-corrected chi connectivity index (χ0v) is 17.3. The third-order valence-electron chi connectivity index (χ3n) is 5.02. The third kappa shape index (κ3) is 4.40. The van der Waals surface area contributed by atoms with Crippen LogP contribution in [0.25, 0.3) is 0 Å². The molecule has 1 aliphatic heterocycles. The van der Waals surface area contributed by atoms with Crippen molar-refractivity contribution in [2.24, 2.45) is 0 Å². The fraction of sp³-hybridized carbons (Fsp3) is 0.304. The summed E-state index contributed by atoms with van der Waals surface area (Å²) in [6.07, 6.45) is 1.62. The number of nitrogens with one attached hydrogen (secondary N) is 2. The first-order chi connectivity index (χ1) is 14.3. The van der Waals surface area contributed by atoms with Crippen LogP contribution in [-0.4, -0.2) is 35.1 Å². The largest absolute Gasteiger partial charge is 0.346 e. The first kappa shape index (κ1) is 21.2. The van der Waals surface area contributed by atoms with Gasteiger partial charge in [-0.05, 0) is 49.2 Å². The van der Waals surface area contributed by atoms with E-state index in [2.05, 4.69) is 10.6 Å². The molecule has 1 heterocycles. The highest BCUT2D eigenvalue weighted by molar-refractivity contribution is 6.22. The van der Waals surface area contributed by atoms with E-state index in [-0.39, 0.29) is 35.2 Å². The van der Waals surface area contributed by atoms with Gasteiger partial charge in [-0.15, -0.1) is 0 Å². The van der Waals surface area contributed by atoms with E-state index in [1.807, 2.05) is 19.9 Å². The summed E-state index contributed by atoms with van der Waals surface area (Å²) in [6, 6.07) is 11.5. The maximum absolute atomic E-state index is 12.7. The van der Waals surface area contributed by atoms with Crippen LogP contribution in [0.15, 0.2) is 42.5 Å². The molecular weight excluding hydrogens is 382 g/mol. The van der Waals surface area contributed by atoms with E-state index in [1.165, 1.54) is 17.9 Å². The van der Waals surface area contributed by atoms with Crippen LogP contribution in [0.4, 0.5) is 5.69 Å². The average molecular weight is 407 g/mol. The Hall–Kier alpha value is -3.48. The summed E-state index contributed by atoms with van der Waals surface area (Å²) in [4.78, 5) is 50.3. The topological polar surface area (TPSA) is 95.6 Å². The second-order valence-electron chi connectivity index (χ2n) is 7.38. The van der Waals surface area contributed by atoms with E-state index in [9.17, 15) is 19.2 Å². The predicted molar refractivity (Wildman–Crippen MR) is 113 cm³/mol. The molecule has 0 saturated carbocycles. The van der Waals surface area contributed by atoms with Gasteiger partial charge in [-0.3, -0.25) is 24.1 Å². The van der Waals surface area contributed by atoms with Crippen molar-refractivity contribution in [1.29, 1.82) is 0 Å². The molecule has 0 saturated heterocycles. The van der Waals surface area contributed by atoms with Crippen LogP contribution >= 0.6 is 0 Å². The summed E-state index contributed by atoms with van der Waals surface area (Å²) in [5.41, 5.74) is 2.40. The van der Waals surface area contributed by atoms with E-state index in [0.29, 0.717) is 23.4 Å². The summed E-state index contributed by atoms with van der Waals surface area (Å²) < 4.78 is 0. The zero-order chi connectivity index (χ0) is 21.8. The van der Waals surface area contributed by atoms with Crippen molar-refractivity contribution in [2.75, 3.05) is 11.9 Å². The van der Waals surface area contributed by atoms with Gasteiger partial charge in [0.1, 0.15) is 0 Å². The quantitative estimate of drug-likeness (QED) is 0.687. The van der Waals surface area contributed by atoms with Crippen molar-refractivity contribution in [2.45, 2.75) is 39.7 Å². The number of imide groups is 1. The standard InChI is InChI=1S/C23H25N3O4/c1-4-5-11-26-22(29)19-10-9-17(13-20(19)23(26)30)21(28)24-14(2)16-7-6-8-18(12-16)25-15(3)27/h6-10,12-14H,4-5,11H2,1-3H3,(H,24,28)(H,25,27). The first-order valence-corrected chi connectivity index (χ1v) is 10.0. The summed E-state index contributed by atoms with van der Waals surface area (Å²) in [5.74, 6) is -1.18. The Bertz CT molecular complexity index is 1020. The van der Waals surface area contributed by atoms with Crippen LogP contribution in [-0.2, 0) is 4.79 Å². The van der Waals surface area contributed by atoms with Crippen molar-refractivity contribution >= 4 is 29.3 Å². The Kier molecular flexibility index (Phi) is 6.30. The highest BCUT2D eigenvalue weighted by Gasteiger charge is 2.35. The molecule has 7 heteroatoms. The minimum atomic E-state index is -0.353. The summed E-state index contributed by atoms with van der Waals surface area (Å²) in [7, 11) is 0. The molecule has 4 amide bonds. The molecule has 7 nitrogen and oxygen atoms in total. The second-order valence-corrected chi connectivity index (χ2v) is 7.38. The van der Waals surface area contributed by atoms with E-state index in [1.54, 1.807) is 30.3 Å². The van der Waals surface area contributed by atoms with Gasteiger partial charge in [0.05, 0.1) is 17.2 Å². The molecule has 1 aliphatic rings. The molecule has 3 rings (SSSR count). The molecule has 1 unspecified atom stereocenters. The summed E-state index contributed by atoms with van der Waals surface area (Å²) in [6.45, 7) is 5.64. The number of unbranched alkanes of at least 4 members (excludes halogenated alkanes) is 1. The second kappa shape index (κ2) is 8.90. The maximum atomic E-state index is 12.7. The van der Waals surface area contributed by atoms with Gasteiger partial charge in [0.25, 0.3) is 17.7 Å². The molecule has 0 aromatic heterocycles. The lowest BCUT2D eigenvalue weighted by molar-refractivity contribution is -0.114. The fourth-order valence-electron chi connectivity index (χ4n) is 3.40. The van der Waals surface area contributed by atoms with E-state index in [4.69, 9.17) is 0 Å². The average Bonchev–Trinajstić information content (AvgIpc) is 2.95. The minimum Gasteiger partial charge on any atom is -0.346 e. The lowest BCUT2D eigenvalue weighted by atomic mass is 10.0. The monoisotopic (exact) mass is 407 g/mol. The Morgan fingerprint density at radius 2 is 1.77 bits per heavy atom. The van der Waals surface area contributed by atoms with Gasteiger partial charge in [-0.2, -0.15) is 0 Å². The van der Waals surface area contributed by atoms with Crippen LogP contribution < -0.4 is 10.6 Å². The lowest BCUT2D eigenvalue weighted by Gasteiger charge is -2.16. The van der Waals surface area contributed by atoms with Crippen molar-refractivity contribution in [3.63, 3.8) is 0 Å². The molecule has 0 spiro atoms. The van der Waals surface area contributed by atoms with E-state index < -0.39 is 0 Å². The Balaban J connectivity index is 1.75. The van der Waals surface area contributed by atoms with Crippen molar-refractivity contribution < 1.29 is 19.2 Å². The van der Waals surface area contributed by atoms with E-state index >= 15 is 0 Å². The molecule has 0 aliphatic carbocycles. The van der Waals surface area contributed by atoms with Gasteiger partial charge in [0.15, 0.2) is 0 Å². The molecule has 1 atom stereocenters. The maximum Gasteiger partial charge on any atom is 0.261 e. The summed E-state index contributed by atoms with van der Waals surface area (Å²) in [5, 5.41) is 5.61. The highest BCUT2D eigenvalue weighted by atomic mass is 16.2.